The molecule has 23 heavy (non-hydrogen) atoms. The molecular weight excluding hydrogens is 311 g/mol. The first-order chi connectivity index (χ1) is 11.0. The summed E-state index contributed by atoms with van der Waals surface area (Å²) in [5, 5.41) is -0.388. The van der Waals surface area contributed by atoms with Crippen molar-refractivity contribution in [1.29, 1.82) is 0 Å². The summed E-state index contributed by atoms with van der Waals surface area (Å²) in [5.74, 6) is -5.48. The molecule has 0 N–H and O–H groups in total. The van der Waals surface area contributed by atoms with Crippen molar-refractivity contribution < 1.29 is 22.7 Å². The van der Waals surface area contributed by atoms with E-state index in [1.807, 2.05) is 0 Å². The SMILES string of the molecule is C=CCOC(=O)c1cn(C2CC2)c2c(F)c(F)c(F)cc2c1=O. The minimum absolute atomic E-state index is 0.105. The summed E-state index contributed by atoms with van der Waals surface area (Å²) in [6, 6.07) is 0.447. The molecule has 1 saturated carbocycles. The summed E-state index contributed by atoms with van der Waals surface area (Å²) in [6.07, 6.45) is 3.86. The van der Waals surface area contributed by atoms with E-state index >= 15 is 0 Å². The van der Waals surface area contributed by atoms with Crippen molar-refractivity contribution in [3.63, 3.8) is 0 Å². The molecule has 3 rings (SSSR count). The fraction of sp³-hybridized carbons (Fsp3) is 0.250. The summed E-state index contributed by atoms with van der Waals surface area (Å²) in [7, 11) is 0. The molecule has 1 aliphatic rings. The molecule has 2 aromatic rings. The van der Waals surface area contributed by atoms with E-state index < -0.39 is 28.8 Å². The molecule has 1 aromatic heterocycles. The molecule has 0 unspecified atom stereocenters. The van der Waals surface area contributed by atoms with Gasteiger partial charge in [-0.2, -0.15) is 0 Å². The molecule has 1 fully saturated rings. The number of rotatable bonds is 4. The largest absolute Gasteiger partial charge is 0.458 e. The number of hydrogen-bond donors (Lipinski definition) is 0. The average Bonchev–Trinajstić information content (AvgIpc) is 3.36. The van der Waals surface area contributed by atoms with E-state index in [1.54, 1.807) is 0 Å². The van der Waals surface area contributed by atoms with Crippen LogP contribution in [-0.2, 0) is 4.74 Å². The maximum atomic E-state index is 14.1. The highest BCUT2D eigenvalue weighted by Crippen LogP contribution is 2.38. The highest BCUT2D eigenvalue weighted by atomic mass is 19.2. The van der Waals surface area contributed by atoms with E-state index in [0.29, 0.717) is 18.9 Å². The van der Waals surface area contributed by atoms with Crippen molar-refractivity contribution in [2.24, 2.45) is 0 Å². The Morgan fingerprint density at radius 3 is 2.65 bits per heavy atom. The lowest BCUT2D eigenvalue weighted by Crippen LogP contribution is -2.22. The number of nitrogens with zero attached hydrogens (tertiary/aromatic N) is 1. The predicted octanol–water partition coefficient (Wildman–Crippen LogP) is 3.10. The van der Waals surface area contributed by atoms with Crippen molar-refractivity contribution in [2.45, 2.75) is 18.9 Å². The van der Waals surface area contributed by atoms with Crippen LogP contribution in [-0.4, -0.2) is 17.1 Å². The second-order valence-electron chi connectivity index (χ2n) is 5.28. The first-order valence-corrected chi connectivity index (χ1v) is 6.96. The Morgan fingerprint density at radius 1 is 1.35 bits per heavy atom. The molecule has 7 heteroatoms. The number of carbonyl (C=O) groups excluding carboxylic acids is 1. The second-order valence-corrected chi connectivity index (χ2v) is 5.28. The quantitative estimate of drug-likeness (QED) is 0.493. The highest BCUT2D eigenvalue weighted by molar-refractivity contribution is 5.94. The molecule has 0 bridgehead atoms. The van der Waals surface area contributed by atoms with Crippen LogP contribution in [0.4, 0.5) is 13.2 Å². The Morgan fingerprint density at radius 2 is 2.04 bits per heavy atom. The lowest BCUT2D eigenvalue weighted by molar-refractivity contribution is 0.0547. The fourth-order valence-corrected chi connectivity index (χ4v) is 2.42. The number of halogens is 3. The van der Waals surface area contributed by atoms with E-state index in [2.05, 4.69) is 6.58 Å². The Hall–Kier alpha value is -2.57. The Labute approximate surface area is 128 Å². The van der Waals surface area contributed by atoms with Crippen LogP contribution in [0.3, 0.4) is 0 Å². The van der Waals surface area contributed by atoms with Gasteiger partial charge in [-0.25, -0.2) is 18.0 Å². The molecule has 120 valence electrons. The number of hydrogen-bond acceptors (Lipinski definition) is 3. The van der Waals surface area contributed by atoms with Gasteiger partial charge in [-0.05, 0) is 18.9 Å². The zero-order valence-electron chi connectivity index (χ0n) is 11.9. The first kappa shape index (κ1) is 15.3. The number of benzene rings is 1. The molecule has 4 nitrogen and oxygen atoms in total. The molecule has 0 aliphatic heterocycles. The van der Waals surface area contributed by atoms with Gasteiger partial charge in [0.1, 0.15) is 12.2 Å². The summed E-state index contributed by atoms with van der Waals surface area (Å²) in [6.45, 7) is 3.28. The first-order valence-electron chi connectivity index (χ1n) is 6.96. The number of carbonyl (C=O) groups is 1. The van der Waals surface area contributed by atoms with Crippen molar-refractivity contribution in [1.82, 2.24) is 4.57 Å². The monoisotopic (exact) mass is 323 g/mol. The molecular formula is C16H12F3NO3. The molecule has 0 saturated heterocycles. The van der Waals surface area contributed by atoms with Crippen LogP contribution in [0.5, 0.6) is 0 Å². The van der Waals surface area contributed by atoms with E-state index in [9.17, 15) is 22.8 Å². The van der Waals surface area contributed by atoms with E-state index in [-0.39, 0.29) is 29.1 Å². The van der Waals surface area contributed by atoms with Crippen molar-refractivity contribution in [3.05, 3.63) is 58.2 Å². The molecule has 1 aliphatic carbocycles. The molecule has 0 atom stereocenters. The van der Waals surface area contributed by atoms with Crippen molar-refractivity contribution in [3.8, 4) is 0 Å². The van der Waals surface area contributed by atoms with Gasteiger partial charge in [0, 0.05) is 12.2 Å². The lowest BCUT2D eigenvalue weighted by atomic mass is 10.1. The fourth-order valence-electron chi connectivity index (χ4n) is 2.42. The number of ether oxygens (including phenoxy) is 1. The standard InChI is InChI=1S/C16H12F3NO3/c1-2-5-23-16(22)10-7-20(8-3-4-8)14-9(15(10)21)6-11(17)12(18)13(14)19/h2,6-8H,1,3-5H2. The maximum absolute atomic E-state index is 14.1. The van der Waals surface area contributed by atoms with Crippen LogP contribution < -0.4 is 5.43 Å². The third kappa shape index (κ3) is 2.52. The zero-order chi connectivity index (χ0) is 16.7. The topological polar surface area (TPSA) is 48.3 Å². The van der Waals surface area contributed by atoms with Crippen molar-refractivity contribution in [2.75, 3.05) is 6.61 Å². The van der Waals surface area contributed by atoms with Gasteiger partial charge in [0.25, 0.3) is 0 Å². The van der Waals surface area contributed by atoms with Crippen LogP contribution >= 0.6 is 0 Å². The van der Waals surface area contributed by atoms with E-state index in [0.717, 1.165) is 6.20 Å². The highest BCUT2D eigenvalue weighted by Gasteiger charge is 2.30. The maximum Gasteiger partial charge on any atom is 0.343 e. The number of pyridine rings is 1. The summed E-state index contributed by atoms with van der Waals surface area (Å²) in [5.41, 5.74) is -1.59. The molecule has 1 aromatic carbocycles. The van der Waals surface area contributed by atoms with E-state index in [4.69, 9.17) is 4.74 Å². The molecule has 1 heterocycles. The van der Waals surface area contributed by atoms with Crippen LogP contribution in [0.2, 0.25) is 0 Å². The van der Waals surface area contributed by atoms with Crippen molar-refractivity contribution >= 4 is 16.9 Å². The Kier molecular flexibility index (Phi) is 3.71. The van der Waals surface area contributed by atoms with Gasteiger partial charge in [-0.1, -0.05) is 12.7 Å². The number of fused-ring (bicyclic) bond motifs is 1. The molecule has 0 amide bonds. The Bertz CT molecular complexity index is 884. The smallest absolute Gasteiger partial charge is 0.343 e. The average molecular weight is 323 g/mol. The van der Waals surface area contributed by atoms with Gasteiger partial charge in [-0.3, -0.25) is 4.79 Å². The molecule has 0 radical (unpaired) electrons. The van der Waals surface area contributed by atoms with Gasteiger partial charge in [0.15, 0.2) is 17.5 Å². The van der Waals surface area contributed by atoms with Crippen LogP contribution in [0, 0.1) is 17.5 Å². The summed E-state index contributed by atoms with van der Waals surface area (Å²) < 4.78 is 47.2. The van der Waals surface area contributed by atoms with Gasteiger partial charge in [0.2, 0.25) is 5.43 Å². The third-order valence-corrected chi connectivity index (χ3v) is 3.64. The van der Waals surface area contributed by atoms with Gasteiger partial charge < -0.3 is 9.30 Å². The minimum Gasteiger partial charge on any atom is -0.458 e. The number of esters is 1. The van der Waals surface area contributed by atoms with Crippen LogP contribution in [0.15, 0.2) is 29.7 Å². The normalized spacial score (nSPS) is 14.0. The molecule has 0 spiro atoms. The van der Waals surface area contributed by atoms with E-state index in [1.165, 1.54) is 10.6 Å². The summed E-state index contributed by atoms with van der Waals surface area (Å²) >= 11 is 0. The van der Waals surface area contributed by atoms with Crippen LogP contribution in [0.25, 0.3) is 10.9 Å². The lowest BCUT2D eigenvalue weighted by Gasteiger charge is -2.13. The summed E-state index contributed by atoms with van der Waals surface area (Å²) in [4.78, 5) is 24.3. The number of aromatic nitrogens is 1. The van der Waals surface area contributed by atoms with Crippen LogP contribution in [0.1, 0.15) is 29.2 Å². The zero-order valence-corrected chi connectivity index (χ0v) is 11.9. The third-order valence-electron chi connectivity index (χ3n) is 3.64. The minimum atomic E-state index is -1.65. The predicted molar refractivity (Wildman–Crippen MR) is 76.8 cm³/mol. The van der Waals surface area contributed by atoms with Gasteiger partial charge >= 0.3 is 5.97 Å². The van der Waals surface area contributed by atoms with Gasteiger partial charge in [-0.15, -0.1) is 0 Å². The second kappa shape index (κ2) is 5.57. The Balaban J connectivity index is 2.31. The van der Waals surface area contributed by atoms with Gasteiger partial charge in [0.05, 0.1) is 10.9 Å².